The van der Waals surface area contributed by atoms with E-state index >= 15 is 0 Å². The normalized spacial score (nSPS) is 37.6. The van der Waals surface area contributed by atoms with Crippen molar-refractivity contribution in [1.82, 2.24) is 10.2 Å². The van der Waals surface area contributed by atoms with Gasteiger partial charge in [0.2, 0.25) is 5.91 Å². The molecule has 18 heavy (non-hydrogen) atoms. The first-order chi connectivity index (χ1) is 8.77. The third kappa shape index (κ3) is 2.18. The molecule has 0 aromatic heterocycles. The molecule has 3 fully saturated rings. The summed E-state index contributed by atoms with van der Waals surface area (Å²) in [7, 11) is 0. The zero-order chi connectivity index (χ0) is 12.5. The van der Waals surface area contributed by atoms with E-state index in [2.05, 4.69) is 17.1 Å². The van der Waals surface area contributed by atoms with Crippen LogP contribution in [0.1, 0.15) is 45.4 Å². The number of carbonyl (C=O) groups is 1. The Morgan fingerprint density at radius 1 is 1.11 bits per heavy atom. The first-order valence-electron chi connectivity index (χ1n) is 7.78. The standard InChI is InChI=1S/C15H26N2O/c1-11-14-9-16-8-13(14)10-17(11)15(18)12-6-4-2-3-5-7-12/h11-14,16H,2-10H2,1H3. The predicted molar refractivity (Wildman–Crippen MR) is 72.2 cm³/mol. The number of hydrogen-bond donors (Lipinski definition) is 1. The third-order valence-electron chi connectivity index (χ3n) is 5.42. The Morgan fingerprint density at radius 2 is 1.83 bits per heavy atom. The summed E-state index contributed by atoms with van der Waals surface area (Å²) in [5, 5.41) is 3.47. The van der Waals surface area contributed by atoms with Crippen LogP contribution in [0.4, 0.5) is 0 Å². The second kappa shape index (κ2) is 5.20. The van der Waals surface area contributed by atoms with Gasteiger partial charge >= 0.3 is 0 Å². The average molecular weight is 250 g/mol. The summed E-state index contributed by atoms with van der Waals surface area (Å²) in [6.45, 7) is 5.49. The lowest BCUT2D eigenvalue weighted by Gasteiger charge is -2.28. The molecule has 2 heterocycles. The fourth-order valence-electron chi connectivity index (χ4n) is 4.22. The Balaban J connectivity index is 1.65. The molecule has 1 aliphatic carbocycles. The molecule has 0 radical (unpaired) electrons. The summed E-state index contributed by atoms with van der Waals surface area (Å²) in [5.74, 6) is 2.23. The highest BCUT2D eigenvalue weighted by Crippen LogP contribution is 2.35. The smallest absolute Gasteiger partial charge is 0.225 e. The van der Waals surface area contributed by atoms with Crippen LogP contribution < -0.4 is 5.32 Å². The fourth-order valence-corrected chi connectivity index (χ4v) is 4.22. The van der Waals surface area contributed by atoms with Gasteiger partial charge in [-0.2, -0.15) is 0 Å². The number of carbonyl (C=O) groups excluding carboxylic acids is 1. The van der Waals surface area contributed by atoms with E-state index in [0.717, 1.165) is 38.4 Å². The first kappa shape index (κ1) is 12.5. The molecule has 0 bridgehead atoms. The van der Waals surface area contributed by atoms with Crippen LogP contribution in [0.25, 0.3) is 0 Å². The van der Waals surface area contributed by atoms with Gasteiger partial charge in [-0.05, 0) is 31.6 Å². The van der Waals surface area contributed by atoms with Gasteiger partial charge in [0, 0.05) is 31.6 Å². The van der Waals surface area contributed by atoms with Crippen molar-refractivity contribution in [3.8, 4) is 0 Å². The lowest BCUT2D eigenvalue weighted by atomic mass is 9.95. The van der Waals surface area contributed by atoms with Crippen molar-refractivity contribution >= 4 is 5.91 Å². The zero-order valence-electron chi connectivity index (χ0n) is 11.5. The molecule has 3 unspecified atom stereocenters. The van der Waals surface area contributed by atoms with Crippen molar-refractivity contribution in [1.29, 1.82) is 0 Å². The van der Waals surface area contributed by atoms with Crippen LogP contribution >= 0.6 is 0 Å². The molecule has 2 aliphatic heterocycles. The van der Waals surface area contributed by atoms with Gasteiger partial charge in [-0.15, -0.1) is 0 Å². The molecule has 3 heteroatoms. The van der Waals surface area contributed by atoms with Gasteiger partial charge in [0.25, 0.3) is 0 Å². The maximum absolute atomic E-state index is 12.7. The lowest BCUT2D eigenvalue weighted by Crippen LogP contribution is -2.41. The van der Waals surface area contributed by atoms with E-state index in [-0.39, 0.29) is 0 Å². The first-order valence-corrected chi connectivity index (χ1v) is 7.78. The van der Waals surface area contributed by atoms with E-state index in [1.54, 1.807) is 0 Å². The highest BCUT2D eigenvalue weighted by atomic mass is 16.2. The Bertz CT molecular complexity index is 310. The quantitative estimate of drug-likeness (QED) is 0.722. The van der Waals surface area contributed by atoms with Gasteiger partial charge in [0.05, 0.1) is 0 Å². The molecule has 0 aromatic carbocycles. The van der Waals surface area contributed by atoms with Gasteiger partial charge in [-0.25, -0.2) is 0 Å². The summed E-state index contributed by atoms with van der Waals surface area (Å²) in [6.07, 6.45) is 7.44. The molecule has 3 nitrogen and oxygen atoms in total. The van der Waals surface area contributed by atoms with Crippen LogP contribution in [-0.4, -0.2) is 36.5 Å². The summed E-state index contributed by atoms with van der Waals surface area (Å²) >= 11 is 0. The van der Waals surface area contributed by atoms with E-state index in [1.165, 1.54) is 25.7 Å². The molecule has 2 saturated heterocycles. The molecule has 3 atom stereocenters. The van der Waals surface area contributed by atoms with E-state index in [0.29, 0.717) is 23.8 Å². The number of rotatable bonds is 1. The fraction of sp³-hybridized carbons (Fsp3) is 0.933. The molecule has 3 aliphatic rings. The molecule has 3 rings (SSSR count). The number of nitrogens with one attached hydrogen (secondary N) is 1. The molecule has 0 aromatic rings. The Hall–Kier alpha value is -0.570. The maximum Gasteiger partial charge on any atom is 0.225 e. The molecule has 1 amide bonds. The third-order valence-corrected chi connectivity index (χ3v) is 5.42. The second-order valence-corrected chi connectivity index (χ2v) is 6.50. The van der Waals surface area contributed by atoms with E-state index in [1.807, 2.05) is 0 Å². The summed E-state index contributed by atoms with van der Waals surface area (Å²) in [4.78, 5) is 14.9. The van der Waals surface area contributed by atoms with Crippen LogP contribution in [0, 0.1) is 17.8 Å². The molecule has 1 N–H and O–H groups in total. The monoisotopic (exact) mass is 250 g/mol. The SMILES string of the molecule is CC1C2CNCC2CN1C(=O)C1CCCCCC1. The van der Waals surface area contributed by atoms with Gasteiger partial charge in [-0.3, -0.25) is 4.79 Å². The van der Waals surface area contributed by atoms with Gasteiger partial charge in [0.1, 0.15) is 0 Å². The van der Waals surface area contributed by atoms with E-state index in [4.69, 9.17) is 0 Å². The summed E-state index contributed by atoms with van der Waals surface area (Å²) < 4.78 is 0. The van der Waals surface area contributed by atoms with Crippen molar-refractivity contribution < 1.29 is 4.79 Å². The Morgan fingerprint density at radius 3 is 2.50 bits per heavy atom. The van der Waals surface area contributed by atoms with Crippen molar-refractivity contribution in [2.75, 3.05) is 19.6 Å². The van der Waals surface area contributed by atoms with Crippen molar-refractivity contribution in [3.05, 3.63) is 0 Å². The van der Waals surface area contributed by atoms with Crippen molar-refractivity contribution in [3.63, 3.8) is 0 Å². The number of amides is 1. The number of likely N-dealkylation sites (tertiary alicyclic amines) is 1. The van der Waals surface area contributed by atoms with Crippen LogP contribution in [-0.2, 0) is 4.79 Å². The number of hydrogen-bond acceptors (Lipinski definition) is 2. The summed E-state index contributed by atoms with van der Waals surface area (Å²) in [6, 6.07) is 0.459. The molecular formula is C15H26N2O. The average Bonchev–Trinajstić information content (AvgIpc) is 2.82. The highest BCUT2D eigenvalue weighted by Gasteiger charge is 2.44. The molecule has 102 valence electrons. The van der Waals surface area contributed by atoms with Crippen LogP contribution in [0.2, 0.25) is 0 Å². The molecule has 0 spiro atoms. The predicted octanol–water partition coefficient (Wildman–Crippen LogP) is 2.02. The number of nitrogens with zero attached hydrogens (tertiary/aromatic N) is 1. The van der Waals surface area contributed by atoms with Crippen molar-refractivity contribution in [2.24, 2.45) is 17.8 Å². The molecular weight excluding hydrogens is 224 g/mol. The Labute approximate surface area is 110 Å². The topological polar surface area (TPSA) is 32.3 Å². The van der Waals surface area contributed by atoms with Crippen LogP contribution in [0.5, 0.6) is 0 Å². The molecule has 1 saturated carbocycles. The highest BCUT2D eigenvalue weighted by molar-refractivity contribution is 5.79. The minimum absolute atomic E-state index is 0.335. The van der Waals surface area contributed by atoms with E-state index < -0.39 is 0 Å². The second-order valence-electron chi connectivity index (χ2n) is 6.50. The largest absolute Gasteiger partial charge is 0.339 e. The summed E-state index contributed by atoms with van der Waals surface area (Å²) in [5.41, 5.74) is 0. The van der Waals surface area contributed by atoms with Crippen LogP contribution in [0.15, 0.2) is 0 Å². The maximum atomic E-state index is 12.7. The van der Waals surface area contributed by atoms with Gasteiger partial charge < -0.3 is 10.2 Å². The van der Waals surface area contributed by atoms with Crippen molar-refractivity contribution in [2.45, 2.75) is 51.5 Å². The lowest BCUT2D eigenvalue weighted by molar-refractivity contribution is -0.137. The van der Waals surface area contributed by atoms with E-state index in [9.17, 15) is 4.79 Å². The number of fused-ring (bicyclic) bond motifs is 1. The van der Waals surface area contributed by atoms with Crippen LogP contribution in [0.3, 0.4) is 0 Å². The minimum Gasteiger partial charge on any atom is -0.339 e. The minimum atomic E-state index is 0.335. The Kier molecular flexibility index (Phi) is 3.60. The zero-order valence-corrected chi connectivity index (χ0v) is 11.5. The van der Waals surface area contributed by atoms with Gasteiger partial charge in [-0.1, -0.05) is 25.7 Å². The van der Waals surface area contributed by atoms with Gasteiger partial charge in [0.15, 0.2) is 0 Å².